The summed E-state index contributed by atoms with van der Waals surface area (Å²) < 4.78 is 11.4. The number of rotatable bonds is 6. The summed E-state index contributed by atoms with van der Waals surface area (Å²) >= 11 is 1.26. The van der Waals surface area contributed by atoms with Crippen LogP contribution in [0, 0.1) is 24.0 Å². The molecule has 38 heavy (non-hydrogen) atoms. The predicted octanol–water partition coefficient (Wildman–Crippen LogP) is 7.29. The first-order valence-electron chi connectivity index (χ1n) is 11.7. The molecule has 0 N–H and O–H groups in total. The Morgan fingerprint density at radius 1 is 1.00 bits per heavy atom. The van der Waals surface area contributed by atoms with Crippen LogP contribution in [0.3, 0.4) is 0 Å². The highest BCUT2D eigenvalue weighted by Crippen LogP contribution is 2.40. The first kappa shape index (κ1) is 25.0. The number of anilines is 1. The van der Waals surface area contributed by atoms with Crippen molar-refractivity contribution in [2.45, 2.75) is 13.8 Å². The number of para-hydroxylation sites is 2. The van der Waals surface area contributed by atoms with E-state index in [0.717, 1.165) is 16.8 Å². The number of aryl methyl sites for hydroxylation is 2. The number of nitro benzene ring substituents is 1. The number of carbonyl (C=O) groups excluding carboxylic acids is 1. The van der Waals surface area contributed by atoms with Gasteiger partial charge in [0.15, 0.2) is 5.17 Å². The molecule has 1 saturated heterocycles. The van der Waals surface area contributed by atoms with E-state index in [-0.39, 0.29) is 11.6 Å². The lowest BCUT2D eigenvalue weighted by Crippen LogP contribution is -2.28. The summed E-state index contributed by atoms with van der Waals surface area (Å²) in [7, 11) is 1.49. The second kappa shape index (κ2) is 10.4. The van der Waals surface area contributed by atoms with Gasteiger partial charge in [0.2, 0.25) is 0 Å². The predicted molar refractivity (Wildman–Crippen MR) is 150 cm³/mol. The van der Waals surface area contributed by atoms with Gasteiger partial charge in [-0.2, -0.15) is 0 Å². The molecule has 1 fully saturated rings. The zero-order valence-corrected chi connectivity index (χ0v) is 21.7. The Balaban J connectivity index is 1.54. The number of nitrogens with zero attached hydrogens (tertiary/aromatic N) is 3. The van der Waals surface area contributed by atoms with Crippen molar-refractivity contribution in [2.75, 3.05) is 12.0 Å². The Bertz CT molecular complexity index is 1590. The first-order chi connectivity index (χ1) is 18.4. The zero-order chi connectivity index (χ0) is 26.8. The van der Waals surface area contributed by atoms with Crippen LogP contribution < -0.4 is 9.64 Å². The molecule has 0 bridgehead atoms. The van der Waals surface area contributed by atoms with Gasteiger partial charge in [-0.05, 0) is 67.1 Å². The molecule has 0 radical (unpaired) electrons. The van der Waals surface area contributed by atoms with Gasteiger partial charge in [0, 0.05) is 18.2 Å². The fourth-order valence-corrected chi connectivity index (χ4v) is 5.10. The fourth-order valence-electron chi connectivity index (χ4n) is 4.14. The summed E-state index contributed by atoms with van der Waals surface area (Å²) in [5, 5.41) is 11.8. The van der Waals surface area contributed by atoms with Crippen LogP contribution in [0.25, 0.3) is 17.4 Å². The summed E-state index contributed by atoms with van der Waals surface area (Å²) in [5.41, 5.74) is 3.92. The van der Waals surface area contributed by atoms with Crippen molar-refractivity contribution in [1.29, 1.82) is 0 Å². The number of amides is 1. The van der Waals surface area contributed by atoms with E-state index in [0.29, 0.717) is 38.6 Å². The van der Waals surface area contributed by atoms with E-state index in [1.807, 2.05) is 62.4 Å². The molecule has 9 heteroatoms. The molecule has 2 heterocycles. The van der Waals surface area contributed by atoms with Crippen LogP contribution in [0.5, 0.6) is 5.75 Å². The Labute approximate surface area is 223 Å². The van der Waals surface area contributed by atoms with Gasteiger partial charge in [0.1, 0.15) is 17.3 Å². The number of amidine groups is 1. The monoisotopic (exact) mass is 525 g/mol. The Morgan fingerprint density at radius 3 is 2.42 bits per heavy atom. The number of nitro groups is 1. The number of carbonyl (C=O) groups is 1. The molecule has 5 rings (SSSR count). The third-order valence-corrected chi connectivity index (χ3v) is 7.00. The second-order valence-electron chi connectivity index (χ2n) is 8.57. The minimum absolute atomic E-state index is 0.0792. The van der Waals surface area contributed by atoms with E-state index < -0.39 is 4.92 Å². The standard InChI is InChI=1S/C29H23N3O5S/c1-18-8-7-9-19(2)27(18)30-29-31(20-10-5-4-6-11-20)28(33)26(38-29)17-22-13-15-25(37-22)23-16-21(32(34)35)12-14-24(23)36-3/h4-17H,1-3H3/b26-17+,30-29?. The lowest BCUT2D eigenvalue weighted by Gasteiger charge is -2.16. The van der Waals surface area contributed by atoms with Gasteiger partial charge < -0.3 is 9.15 Å². The van der Waals surface area contributed by atoms with Crippen LogP contribution in [0.4, 0.5) is 17.1 Å². The summed E-state index contributed by atoms with van der Waals surface area (Å²) in [5.74, 6) is 1.02. The molecule has 4 aromatic rings. The molecule has 3 aromatic carbocycles. The average molecular weight is 526 g/mol. The van der Waals surface area contributed by atoms with Gasteiger partial charge in [0.05, 0.1) is 33.9 Å². The molecule has 190 valence electrons. The maximum Gasteiger partial charge on any atom is 0.271 e. The third-order valence-electron chi connectivity index (χ3n) is 6.03. The number of ether oxygens (including phenoxy) is 1. The van der Waals surface area contributed by atoms with Crippen molar-refractivity contribution < 1.29 is 18.9 Å². The van der Waals surface area contributed by atoms with Crippen molar-refractivity contribution in [3.63, 3.8) is 0 Å². The van der Waals surface area contributed by atoms with Crippen LogP contribution in [-0.4, -0.2) is 23.1 Å². The number of non-ortho nitro benzene ring substituents is 1. The van der Waals surface area contributed by atoms with Crippen LogP contribution in [-0.2, 0) is 4.79 Å². The van der Waals surface area contributed by atoms with Gasteiger partial charge in [-0.3, -0.25) is 19.8 Å². The molecule has 0 spiro atoms. The summed E-state index contributed by atoms with van der Waals surface area (Å²) in [6.07, 6.45) is 1.66. The first-order valence-corrected chi connectivity index (χ1v) is 12.5. The lowest BCUT2D eigenvalue weighted by atomic mass is 10.1. The van der Waals surface area contributed by atoms with E-state index in [1.54, 1.807) is 23.1 Å². The number of hydrogen-bond donors (Lipinski definition) is 0. The lowest BCUT2D eigenvalue weighted by molar-refractivity contribution is -0.384. The van der Waals surface area contributed by atoms with Crippen LogP contribution >= 0.6 is 11.8 Å². The highest BCUT2D eigenvalue weighted by molar-refractivity contribution is 8.19. The molecule has 0 saturated carbocycles. The summed E-state index contributed by atoms with van der Waals surface area (Å²) in [6.45, 7) is 3.98. The number of aliphatic imine (C=N–C) groups is 1. The average Bonchev–Trinajstić information content (AvgIpc) is 3.50. The Hall–Kier alpha value is -4.63. The van der Waals surface area contributed by atoms with Crippen molar-refractivity contribution in [3.8, 4) is 17.1 Å². The molecule has 1 aromatic heterocycles. The molecule has 0 atom stereocenters. The van der Waals surface area contributed by atoms with Crippen molar-refractivity contribution in [1.82, 2.24) is 0 Å². The number of benzene rings is 3. The highest BCUT2D eigenvalue weighted by Gasteiger charge is 2.35. The molecule has 8 nitrogen and oxygen atoms in total. The topological polar surface area (TPSA) is 98.2 Å². The zero-order valence-electron chi connectivity index (χ0n) is 20.9. The summed E-state index contributed by atoms with van der Waals surface area (Å²) in [4.78, 5) is 31.3. The van der Waals surface area contributed by atoms with Crippen molar-refractivity contribution in [3.05, 3.63) is 111 Å². The van der Waals surface area contributed by atoms with Crippen LogP contribution in [0.15, 0.2) is 93.2 Å². The van der Waals surface area contributed by atoms with Gasteiger partial charge in [-0.1, -0.05) is 36.4 Å². The number of methoxy groups -OCH3 is 1. The fraction of sp³-hybridized carbons (Fsp3) is 0.103. The quantitative estimate of drug-likeness (QED) is 0.149. The van der Waals surface area contributed by atoms with Crippen molar-refractivity contribution >= 4 is 46.0 Å². The van der Waals surface area contributed by atoms with Crippen LogP contribution in [0.2, 0.25) is 0 Å². The number of hydrogen-bond acceptors (Lipinski definition) is 7. The minimum Gasteiger partial charge on any atom is -0.496 e. The molecule has 1 aliphatic rings. The van der Waals surface area contributed by atoms with E-state index in [2.05, 4.69) is 0 Å². The molecule has 1 amide bonds. The largest absolute Gasteiger partial charge is 0.496 e. The normalized spacial score (nSPS) is 15.4. The van der Waals surface area contributed by atoms with Crippen molar-refractivity contribution in [2.24, 2.45) is 4.99 Å². The van der Waals surface area contributed by atoms with Gasteiger partial charge in [-0.15, -0.1) is 0 Å². The second-order valence-corrected chi connectivity index (χ2v) is 9.57. The molecule has 1 aliphatic heterocycles. The van der Waals surface area contributed by atoms with E-state index in [9.17, 15) is 14.9 Å². The Kier molecular flexibility index (Phi) is 6.85. The SMILES string of the molecule is COc1ccc([N+](=O)[O-])cc1-c1ccc(/C=C2/SC(=Nc3c(C)cccc3C)N(c3ccccc3)C2=O)o1. The smallest absolute Gasteiger partial charge is 0.271 e. The molecule has 0 aliphatic carbocycles. The molecular formula is C29H23N3O5S. The minimum atomic E-state index is -0.474. The van der Waals surface area contributed by atoms with Gasteiger partial charge in [-0.25, -0.2) is 4.99 Å². The summed E-state index contributed by atoms with van der Waals surface area (Å²) in [6, 6.07) is 23.0. The van der Waals surface area contributed by atoms with E-state index >= 15 is 0 Å². The van der Waals surface area contributed by atoms with Crippen LogP contribution in [0.1, 0.15) is 16.9 Å². The van der Waals surface area contributed by atoms with Gasteiger partial charge >= 0.3 is 0 Å². The maximum atomic E-state index is 13.6. The highest BCUT2D eigenvalue weighted by atomic mass is 32.2. The Morgan fingerprint density at radius 2 is 1.74 bits per heavy atom. The maximum absolute atomic E-state index is 13.6. The number of furan rings is 1. The van der Waals surface area contributed by atoms with E-state index in [1.165, 1.54) is 37.1 Å². The number of thioether (sulfide) groups is 1. The van der Waals surface area contributed by atoms with Gasteiger partial charge in [0.25, 0.3) is 11.6 Å². The molecular weight excluding hydrogens is 502 g/mol. The van der Waals surface area contributed by atoms with E-state index in [4.69, 9.17) is 14.1 Å². The molecule has 0 unspecified atom stereocenters. The third kappa shape index (κ3) is 4.83.